The van der Waals surface area contributed by atoms with Crippen LogP contribution in [0.4, 0.5) is 11.4 Å². The molecule has 202 valence electrons. The first-order chi connectivity index (χ1) is 19.4. The zero-order valence-electron chi connectivity index (χ0n) is 22.9. The summed E-state index contributed by atoms with van der Waals surface area (Å²) in [5.74, 6) is -0.332. The standard InChI is InChI=1S/C32H32N6O2/c1-23-17-24(2)28(32(40)37-15-16-38(31(39)22-37)30-10-6-4-8-26(30)20-34)18-27(23)21-35-11-13-36(14-12-35)29-9-5-3-7-25(29)19-33/h3-10,17-18H,11-16,21-22H2,1-2H3. The second kappa shape index (κ2) is 11.6. The summed E-state index contributed by atoms with van der Waals surface area (Å²) in [6.07, 6.45) is 0. The Labute approximate surface area is 235 Å². The molecule has 2 aliphatic heterocycles. The van der Waals surface area contributed by atoms with E-state index in [0.29, 0.717) is 35.5 Å². The number of rotatable bonds is 5. The Kier molecular flexibility index (Phi) is 7.82. The van der Waals surface area contributed by atoms with Gasteiger partial charge in [0.2, 0.25) is 5.91 Å². The lowest BCUT2D eigenvalue weighted by molar-refractivity contribution is -0.120. The number of carbonyl (C=O) groups excluding carboxylic acids is 2. The molecule has 0 aromatic heterocycles. The lowest BCUT2D eigenvalue weighted by Crippen LogP contribution is -2.52. The summed E-state index contributed by atoms with van der Waals surface area (Å²) in [6.45, 7) is 8.85. The van der Waals surface area contributed by atoms with Crippen LogP contribution in [0.15, 0.2) is 60.7 Å². The Morgan fingerprint density at radius 3 is 2.08 bits per heavy atom. The number of carbonyl (C=O) groups is 2. The topological polar surface area (TPSA) is 94.7 Å². The van der Waals surface area contributed by atoms with Gasteiger partial charge in [-0.3, -0.25) is 14.5 Å². The Hall–Kier alpha value is -4.66. The molecule has 0 saturated carbocycles. The molecule has 2 heterocycles. The van der Waals surface area contributed by atoms with E-state index in [1.807, 2.05) is 43.3 Å². The monoisotopic (exact) mass is 532 g/mol. The van der Waals surface area contributed by atoms with Gasteiger partial charge in [0.15, 0.2) is 0 Å². The summed E-state index contributed by atoms with van der Waals surface area (Å²) in [6, 6.07) is 23.3. The number of para-hydroxylation sites is 2. The first-order valence-electron chi connectivity index (χ1n) is 13.5. The van der Waals surface area contributed by atoms with Crippen molar-refractivity contribution in [1.29, 1.82) is 10.5 Å². The van der Waals surface area contributed by atoms with Gasteiger partial charge in [0, 0.05) is 51.4 Å². The number of anilines is 2. The smallest absolute Gasteiger partial charge is 0.254 e. The molecule has 2 aliphatic rings. The van der Waals surface area contributed by atoms with E-state index in [0.717, 1.165) is 55.1 Å². The van der Waals surface area contributed by atoms with Gasteiger partial charge >= 0.3 is 0 Å². The van der Waals surface area contributed by atoms with E-state index in [1.165, 1.54) is 0 Å². The summed E-state index contributed by atoms with van der Waals surface area (Å²) < 4.78 is 0. The number of aryl methyl sites for hydroxylation is 2. The molecule has 0 N–H and O–H groups in total. The van der Waals surface area contributed by atoms with E-state index in [9.17, 15) is 20.1 Å². The van der Waals surface area contributed by atoms with Crippen molar-refractivity contribution in [1.82, 2.24) is 9.80 Å². The first-order valence-corrected chi connectivity index (χ1v) is 13.5. The molecule has 0 aliphatic carbocycles. The molecule has 8 heteroatoms. The highest BCUT2D eigenvalue weighted by Crippen LogP contribution is 2.25. The first kappa shape index (κ1) is 26.9. The van der Waals surface area contributed by atoms with Gasteiger partial charge in [-0.2, -0.15) is 10.5 Å². The van der Waals surface area contributed by atoms with Crippen LogP contribution in [-0.2, 0) is 11.3 Å². The Morgan fingerprint density at radius 2 is 1.43 bits per heavy atom. The average Bonchev–Trinajstić information content (AvgIpc) is 2.98. The number of amides is 2. The molecular weight excluding hydrogens is 500 g/mol. The van der Waals surface area contributed by atoms with Crippen LogP contribution in [0, 0.1) is 36.5 Å². The van der Waals surface area contributed by atoms with Gasteiger partial charge in [0.25, 0.3) is 5.91 Å². The number of benzene rings is 3. The third-order valence-electron chi connectivity index (χ3n) is 7.87. The second-order valence-corrected chi connectivity index (χ2v) is 10.4. The normalized spacial score (nSPS) is 16.0. The number of nitrogens with zero attached hydrogens (tertiary/aromatic N) is 6. The number of hydrogen-bond acceptors (Lipinski definition) is 6. The predicted molar refractivity (Wildman–Crippen MR) is 154 cm³/mol. The minimum Gasteiger partial charge on any atom is -0.368 e. The molecule has 2 fully saturated rings. The maximum Gasteiger partial charge on any atom is 0.254 e. The molecule has 0 radical (unpaired) electrons. The van der Waals surface area contributed by atoms with Gasteiger partial charge in [-0.1, -0.05) is 30.3 Å². The van der Waals surface area contributed by atoms with Gasteiger partial charge in [0.1, 0.15) is 18.7 Å². The molecule has 5 rings (SSSR count). The van der Waals surface area contributed by atoms with Gasteiger partial charge < -0.3 is 14.7 Å². The Bertz CT molecular complexity index is 1530. The number of hydrogen-bond donors (Lipinski definition) is 0. The average molecular weight is 533 g/mol. The molecule has 0 bridgehead atoms. The van der Waals surface area contributed by atoms with E-state index >= 15 is 0 Å². The second-order valence-electron chi connectivity index (χ2n) is 10.4. The molecular formula is C32H32N6O2. The molecule has 3 aromatic carbocycles. The van der Waals surface area contributed by atoms with E-state index in [4.69, 9.17) is 0 Å². The molecule has 0 atom stereocenters. The van der Waals surface area contributed by atoms with Crippen molar-refractivity contribution in [2.24, 2.45) is 0 Å². The SMILES string of the molecule is Cc1cc(C)c(C(=O)N2CCN(c3ccccc3C#N)C(=O)C2)cc1CN1CCN(c2ccccc2C#N)CC1. The molecule has 8 nitrogen and oxygen atoms in total. The third-order valence-corrected chi connectivity index (χ3v) is 7.87. The van der Waals surface area contributed by atoms with Crippen LogP contribution in [0.1, 0.15) is 38.2 Å². The summed E-state index contributed by atoms with van der Waals surface area (Å²) in [4.78, 5) is 34.5. The lowest BCUT2D eigenvalue weighted by atomic mass is 9.98. The van der Waals surface area contributed by atoms with Crippen LogP contribution in [0.25, 0.3) is 0 Å². The summed E-state index contributed by atoms with van der Waals surface area (Å²) in [5, 5.41) is 18.9. The minimum atomic E-state index is -0.192. The molecule has 2 saturated heterocycles. The van der Waals surface area contributed by atoms with Gasteiger partial charge in [-0.25, -0.2) is 0 Å². The number of piperazine rings is 2. The quantitative estimate of drug-likeness (QED) is 0.495. The number of nitriles is 2. The van der Waals surface area contributed by atoms with Crippen LogP contribution in [0.5, 0.6) is 0 Å². The molecule has 3 aromatic rings. The van der Waals surface area contributed by atoms with Crippen molar-refractivity contribution in [3.05, 3.63) is 94.0 Å². The zero-order valence-corrected chi connectivity index (χ0v) is 22.9. The predicted octanol–water partition coefficient (Wildman–Crippen LogP) is 3.86. The maximum absolute atomic E-state index is 13.6. The molecule has 40 heavy (non-hydrogen) atoms. The summed E-state index contributed by atoms with van der Waals surface area (Å²) >= 11 is 0. The molecule has 0 unspecified atom stereocenters. The molecule has 2 amide bonds. The van der Waals surface area contributed by atoms with Crippen molar-refractivity contribution in [3.8, 4) is 12.1 Å². The van der Waals surface area contributed by atoms with E-state index in [2.05, 4.69) is 34.9 Å². The van der Waals surface area contributed by atoms with Crippen molar-refractivity contribution in [2.75, 3.05) is 55.6 Å². The van der Waals surface area contributed by atoms with Gasteiger partial charge in [-0.05, 0) is 60.9 Å². The fourth-order valence-electron chi connectivity index (χ4n) is 5.60. The van der Waals surface area contributed by atoms with Crippen molar-refractivity contribution < 1.29 is 9.59 Å². The highest BCUT2D eigenvalue weighted by Gasteiger charge is 2.30. The van der Waals surface area contributed by atoms with Crippen LogP contribution in [0.2, 0.25) is 0 Å². The van der Waals surface area contributed by atoms with Gasteiger partial charge in [-0.15, -0.1) is 0 Å². The lowest BCUT2D eigenvalue weighted by Gasteiger charge is -2.37. The van der Waals surface area contributed by atoms with Gasteiger partial charge in [0.05, 0.1) is 22.5 Å². The largest absolute Gasteiger partial charge is 0.368 e. The van der Waals surface area contributed by atoms with Crippen LogP contribution in [0.3, 0.4) is 0 Å². The minimum absolute atomic E-state index is 0.0205. The van der Waals surface area contributed by atoms with Crippen molar-refractivity contribution in [3.63, 3.8) is 0 Å². The Balaban J connectivity index is 1.26. The zero-order chi connectivity index (χ0) is 28.2. The summed E-state index contributed by atoms with van der Waals surface area (Å²) in [5.41, 5.74) is 6.48. The molecule has 0 spiro atoms. The van der Waals surface area contributed by atoms with Crippen LogP contribution in [-0.4, -0.2) is 67.4 Å². The third kappa shape index (κ3) is 5.40. The highest BCUT2D eigenvalue weighted by atomic mass is 16.2. The van der Waals surface area contributed by atoms with Crippen LogP contribution < -0.4 is 9.80 Å². The Morgan fingerprint density at radius 1 is 0.800 bits per heavy atom. The van der Waals surface area contributed by atoms with Crippen molar-refractivity contribution in [2.45, 2.75) is 20.4 Å². The van der Waals surface area contributed by atoms with Crippen LogP contribution >= 0.6 is 0 Å². The maximum atomic E-state index is 13.6. The van der Waals surface area contributed by atoms with E-state index in [1.54, 1.807) is 28.0 Å². The highest BCUT2D eigenvalue weighted by molar-refractivity contribution is 6.03. The fourth-order valence-corrected chi connectivity index (χ4v) is 5.60. The summed E-state index contributed by atoms with van der Waals surface area (Å²) in [7, 11) is 0. The van der Waals surface area contributed by atoms with E-state index < -0.39 is 0 Å². The van der Waals surface area contributed by atoms with Crippen molar-refractivity contribution >= 4 is 23.2 Å². The fraction of sp³-hybridized carbons (Fsp3) is 0.312. The van der Waals surface area contributed by atoms with E-state index in [-0.39, 0.29) is 18.4 Å².